The second-order valence-electron chi connectivity index (χ2n) is 7.40. The molecule has 0 fully saturated rings. The van der Waals surface area contributed by atoms with E-state index < -0.39 is 0 Å². The smallest absolute Gasteiger partial charge is 0.338 e. The van der Waals surface area contributed by atoms with Gasteiger partial charge in [0.25, 0.3) is 0 Å². The minimum atomic E-state index is -0.279. The number of rotatable bonds is 12. The van der Waals surface area contributed by atoms with Crippen LogP contribution in [-0.4, -0.2) is 25.4 Å². The molecule has 2 aromatic rings. The Morgan fingerprint density at radius 2 is 1.72 bits per heavy atom. The zero-order valence-corrected chi connectivity index (χ0v) is 17.9. The summed E-state index contributed by atoms with van der Waals surface area (Å²) in [6.07, 6.45) is 7.58. The minimum Gasteiger partial charge on any atom is -0.494 e. The van der Waals surface area contributed by atoms with Crippen LogP contribution in [-0.2, 0) is 4.74 Å². The predicted octanol–water partition coefficient (Wildman–Crippen LogP) is 6.60. The second kappa shape index (κ2) is 12.8. The molecule has 29 heavy (non-hydrogen) atoms. The van der Waals surface area contributed by atoms with Crippen molar-refractivity contribution in [3.8, 4) is 5.75 Å². The summed E-state index contributed by atoms with van der Waals surface area (Å²) in [6.45, 7) is 7.57. The van der Waals surface area contributed by atoms with Gasteiger partial charge in [-0.25, -0.2) is 4.79 Å². The molecule has 0 aromatic heterocycles. The summed E-state index contributed by atoms with van der Waals surface area (Å²) in [6, 6.07) is 15.1. The number of carbonyl (C=O) groups excluding carboxylic acids is 1. The lowest BCUT2D eigenvalue weighted by Gasteiger charge is -2.09. The Morgan fingerprint density at radius 3 is 2.38 bits per heavy atom. The van der Waals surface area contributed by atoms with Crippen LogP contribution in [0.1, 0.15) is 68.8 Å². The fraction of sp³-hybridized carbons (Fsp3) is 0.440. The average Bonchev–Trinajstić information content (AvgIpc) is 2.76. The number of esters is 1. The molecular weight excluding hydrogens is 362 g/mol. The molecule has 0 heterocycles. The summed E-state index contributed by atoms with van der Waals surface area (Å²) in [5.41, 5.74) is 2.35. The molecule has 1 unspecified atom stereocenters. The number of hydrogen-bond donors (Lipinski definition) is 0. The van der Waals surface area contributed by atoms with Gasteiger partial charge in [0.15, 0.2) is 0 Å². The molecule has 0 aliphatic heterocycles. The van der Waals surface area contributed by atoms with E-state index in [4.69, 9.17) is 9.47 Å². The van der Waals surface area contributed by atoms with Gasteiger partial charge in [-0.2, -0.15) is 0 Å². The van der Waals surface area contributed by atoms with Crippen LogP contribution in [0.5, 0.6) is 5.75 Å². The van der Waals surface area contributed by atoms with Crippen molar-refractivity contribution in [1.82, 2.24) is 0 Å². The Morgan fingerprint density at radius 1 is 1.00 bits per heavy atom. The molecule has 1 atom stereocenters. The van der Waals surface area contributed by atoms with Crippen molar-refractivity contribution in [3.63, 3.8) is 0 Å². The standard InChI is InChI=1S/C25H33NO3/c1-4-6-7-8-17-28-24-15-13-23(14-16-24)26-18-21-9-11-22(12-10-21)25(27)29-19-20(3)5-2/h9-16,18,20H,4-8,17,19H2,1-3H3. The number of unbranched alkanes of at least 4 members (excludes halogenated alkanes) is 3. The van der Waals surface area contributed by atoms with Crippen LogP contribution in [0.2, 0.25) is 0 Å². The van der Waals surface area contributed by atoms with Crippen molar-refractivity contribution >= 4 is 17.9 Å². The highest BCUT2D eigenvalue weighted by molar-refractivity contribution is 5.91. The summed E-state index contributed by atoms with van der Waals surface area (Å²) in [7, 11) is 0. The molecule has 2 aromatic carbocycles. The fourth-order valence-electron chi connectivity index (χ4n) is 2.62. The van der Waals surface area contributed by atoms with E-state index in [1.54, 1.807) is 18.3 Å². The predicted molar refractivity (Wildman–Crippen MR) is 120 cm³/mol. The summed E-state index contributed by atoms with van der Waals surface area (Å²) in [5.74, 6) is 0.975. The molecule has 0 bridgehead atoms. The Balaban J connectivity index is 1.82. The lowest BCUT2D eigenvalue weighted by atomic mass is 10.1. The number of benzene rings is 2. The van der Waals surface area contributed by atoms with Crippen molar-refractivity contribution in [2.24, 2.45) is 10.9 Å². The van der Waals surface area contributed by atoms with Crippen LogP contribution >= 0.6 is 0 Å². The van der Waals surface area contributed by atoms with Gasteiger partial charge in [-0.1, -0.05) is 58.6 Å². The van der Waals surface area contributed by atoms with Gasteiger partial charge in [-0.15, -0.1) is 0 Å². The van der Waals surface area contributed by atoms with E-state index in [0.29, 0.717) is 18.1 Å². The number of ether oxygens (including phenoxy) is 2. The summed E-state index contributed by atoms with van der Waals surface area (Å²) in [5, 5.41) is 0. The SMILES string of the molecule is CCCCCCOc1ccc(N=Cc2ccc(C(=O)OCC(C)CC)cc2)cc1. The first-order valence-corrected chi connectivity index (χ1v) is 10.7. The van der Waals surface area contributed by atoms with Gasteiger partial charge in [-0.3, -0.25) is 4.99 Å². The highest BCUT2D eigenvalue weighted by atomic mass is 16.5. The number of nitrogens with zero attached hydrogens (tertiary/aromatic N) is 1. The zero-order valence-electron chi connectivity index (χ0n) is 17.9. The van der Waals surface area contributed by atoms with Gasteiger partial charge in [0, 0.05) is 6.21 Å². The Labute approximate surface area is 175 Å². The van der Waals surface area contributed by atoms with E-state index in [0.717, 1.165) is 36.4 Å². The monoisotopic (exact) mass is 395 g/mol. The Bertz CT molecular complexity index is 751. The van der Waals surface area contributed by atoms with Crippen LogP contribution in [0.3, 0.4) is 0 Å². The third kappa shape index (κ3) is 8.51. The quantitative estimate of drug-likeness (QED) is 0.231. The van der Waals surface area contributed by atoms with E-state index >= 15 is 0 Å². The molecule has 0 spiro atoms. The Kier molecular flexibility index (Phi) is 9.98. The van der Waals surface area contributed by atoms with E-state index in [9.17, 15) is 4.79 Å². The van der Waals surface area contributed by atoms with Crippen molar-refractivity contribution in [1.29, 1.82) is 0 Å². The molecule has 0 radical (unpaired) electrons. The van der Waals surface area contributed by atoms with Crippen LogP contribution < -0.4 is 4.74 Å². The van der Waals surface area contributed by atoms with Crippen LogP contribution in [0.4, 0.5) is 5.69 Å². The van der Waals surface area contributed by atoms with E-state index in [-0.39, 0.29) is 5.97 Å². The highest BCUT2D eigenvalue weighted by Crippen LogP contribution is 2.18. The molecule has 0 aliphatic rings. The van der Waals surface area contributed by atoms with Gasteiger partial charge < -0.3 is 9.47 Å². The number of hydrogen-bond acceptors (Lipinski definition) is 4. The third-order valence-electron chi connectivity index (χ3n) is 4.81. The van der Waals surface area contributed by atoms with Crippen molar-refractivity contribution in [3.05, 3.63) is 59.7 Å². The molecule has 156 valence electrons. The molecule has 0 amide bonds. The van der Waals surface area contributed by atoms with Gasteiger partial charge in [0.1, 0.15) is 5.75 Å². The normalized spacial score (nSPS) is 12.1. The van der Waals surface area contributed by atoms with Crippen molar-refractivity contribution in [2.45, 2.75) is 52.9 Å². The first kappa shape index (κ1) is 22.7. The van der Waals surface area contributed by atoms with Gasteiger partial charge >= 0.3 is 5.97 Å². The molecule has 4 heteroatoms. The van der Waals surface area contributed by atoms with Crippen molar-refractivity contribution < 1.29 is 14.3 Å². The van der Waals surface area contributed by atoms with Crippen LogP contribution in [0, 0.1) is 5.92 Å². The topological polar surface area (TPSA) is 47.9 Å². The zero-order chi connectivity index (χ0) is 20.9. The van der Waals surface area contributed by atoms with E-state index in [1.165, 1.54) is 19.3 Å². The molecule has 0 N–H and O–H groups in total. The largest absolute Gasteiger partial charge is 0.494 e. The molecule has 0 saturated heterocycles. The molecule has 0 saturated carbocycles. The third-order valence-corrected chi connectivity index (χ3v) is 4.81. The first-order chi connectivity index (χ1) is 14.1. The number of carbonyl (C=O) groups is 1. The van der Waals surface area contributed by atoms with Crippen LogP contribution in [0.25, 0.3) is 0 Å². The van der Waals surface area contributed by atoms with E-state index in [1.807, 2.05) is 36.4 Å². The molecule has 2 rings (SSSR count). The maximum Gasteiger partial charge on any atom is 0.338 e. The highest BCUT2D eigenvalue weighted by Gasteiger charge is 2.08. The maximum absolute atomic E-state index is 12.0. The minimum absolute atomic E-state index is 0.279. The van der Waals surface area contributed by atoms with Gasteiger partial charge in [-0.05, 0) is 54.3 Å². The summed E-state index contributed by atoms with van der Waals surface area (Å²) in [4.78, 5) is 16.5. The van der Waals surface area contributed by atoms with Gasteiger partial charge in [0.05, 0.1) is 24.5 Å². The maximum atomic E-state index is 12.0. The van der Waals surface area contributed by atoms with E-state index in [2.05, 4.69) is 25.8 Å². The fourth-order valence-corrected chi connectivity index (χ4v) is 2.62. The average molecular weight is 396 g/mol. The van der Waals surface area contributed by atoms with Crippen molar-refractivity contribution in [2.75, 3.05) is 13.2 Å². The summed E-state index contributed by atoms with van der Waals surface area (Å²) < 4.78 is 11.1. The summed E-state index contributed by atoms with van der Waals surface area (Å²) >= 11 is 0. The lowest BCUT2D eigenvalue weighted by molar-refractivity contribution is 0.0447. The molecule has 0 aliphatic carbocycles. The molecule has 4 nitrogen and oxygen atoms in total. The van der Waals surface area contributed by atoms with Gasteiger partial charge in [0.2, 0.25) is 0 Å². The lowest BCUT2D eigenvalue weighted by Crippen LogP contribution is -2.11. The van der Waals surface area contributed by atoms with Crippen LogP contribution in [0.15, 0.2) is 53.5 Å². The number of aliphatic imine (C=N–C) groups is 1. The second-order valence-corrected chi connectivity index (χ2v) is 7.40. The first-order valence-electron chi connectivity index (χ1n) is 10.7. The molecular formula is C25H33NO3. The Hall–Kier alpha value is -2.62.